The van der Waals surface area contributed by atoms with Crippen molar-refractivity contribution >= 4 is 10.0 Å². The summed E-state index contributed by atoms with van der Waals surface area (Å²) in [6.07, 6.45) is 3.45. The molecule has 132 valence electrons. The van der Waals surface area contributed by atoms with E-state index in [2.05, 4.69) is 6.07 Å². The summed E-state index contributed by atoms with van der Waals surface area (Å²) >= 11 is 0. The van der Waals surface area contributed by atoms with Gasteiger partial charge in [-0.1, -0.05) is 35.9 Å². The summed E-state index contributed by atoms with van der Waals surface area (Å²) in [5.74, 6) is 0.962. The fourth-order valence-electron chi connectivity index (χ4n) is 3.80. The zero-order valence-corrected chi connectivity index (χ0v) is 15.3. The van der Waals surface area contributed by atoms with Gasteiger partial charge in [-0.3, -0.25) is 0 Å². The summed E-state index contributed by atoms with van der Waals surface area (Å²) in [6.45, 7) is 2.98. The molecule has 4 rings (SSSR count). The van der Waals surface area contributed by atoms with Crippen LogP contribution in [0.3, 0.4) is 0 Å². The van der Waals surface area contributed by atoms with Crippen molar-refractivity contribution in [2.45, 2.75) is 43.1 Å². The molecule has 0 atom stereocenters. The number of piperidine rings is 1. The first-order valence-corrected chi connectivity index (χ1v) is 10.3. The van der Waals surface area contributed by atoms with Crippen molar-refractivity contribution in [3.63, 3.8) is 0 Å². The molecule has 0 amide bonds. The second kappa shape index (κ2) is 6.15. The Labute approximate surface area is 149 Å². The van der Waals surface area contributed by atoms with Gasteiger partial charge in [0.15, 0.2) is 0 Å². The van der Waals surface area contributed by atoms with E-state index in [9.17, 15) is 8.42 Å². The van der Waals surface area contributed by atoms with Crippen LogP contribution in [0.4, 0.5) is 0 Å². The summed E-state index contributed by atoms with van der Waals surface area (Å²) < 4.78 is 33.6. The Morgan fingerprint density at radius 3 is 2.36 bits per heavy atom. The van der Waals surface area contributed by atoms with E-state index in [-0.39, 0.29) is 5.60 Å². The molecule has 5 heteroatoms. The Bertz CT molecular complexity index is 866. The van der Waals surface area contributed by atoms with E-state index in [1.54, 1.807) is 16.4 Å². The first-order valence-electron chi connectivity index (χ1n) is 8.82. The third-order valence-corrected chi connectivity index (χ3v) is 7.35. The average Bonchev–Trinajstić information content (AvgIpc) is 2.62. The zero-order valence-electron chi connectivity index (χ0n) is 14.4. The molecular weight excluding hydrogens is 334 g/mol. The minimum Gasteiger partial charge on any atom is -0.487 e. The molecule has 2 aromatic carbocycles. The average molecular weight is 357 g/mol. The Morgan fingerprint density at radius 2 is 1.64 bits per heavy atom. The zero-order chi connectivity index (χ0) is 17.5. The number of hydrogen-bond donors (Lipinski definition) is 0. The molecule has 4 nitrogen and oxygen atoms in total. The topological polar surface area (TPSA) is 46.6 Å². The Kier molecular flexibility index (Phi) is 4.08. The summed E-state index contributed by atoms with van der Waals surface area (Å²) in [4.78, 5) is 0.379. The maximum absolute atomic E-state index is 12.9. The number of para-hydroxylation sites is 1. The molecule has 25 heavy (non-hydrogen) atoms. The SMILES string of the molecule is Cc1ccc(S(=O)(=O)N2CCC3(CCc4ccccc4O3)CC2)cc1. The maximum atomic E-state index is 12.9. The van der Waals surface area contributed by atoms with Crippen LogP contribution in [0.2, 0.25) is 0 Å². The number of fused-ring (bicyclic) bond motifs is 1. The van der Waals surface area contributed by atoms with Crippen LogP contribution in [0.15, 0.2) is 53.4 Å². The number of nitrogens with zero attached hydrogens (tertiary/aromatic N) is 1. The van der Waals surface area contributed by atoms with Gasteiger partial charge in [-0.05, 0) is 43.5 Å². The number of sulfonamides is 1. The lowest BCUT2D eigenvalue weighted by molar-refractivity contribution is 0.00181. The molecule has 0 saturated carbocycles. The molecule has 0 radical (unpaired) electrons. The second-order valence-electron chi connectivity index (χ2n) is 7.11. The van der Waals surface area contributed by atoms with Crippen molar-refractivity contribution in [1.82, 2.24) is 4.31 Å². The number of hydrogen-bond acceptors (Lipinski definition) is 3. The summed E-state index contributed by atoms with van der Waals surface area (Å²) in [7, 11) is -3.42. The van der Waals surface area contributed by atoms with Gasteiger partial charge in [-0.2, -0.15) is 4.31 Å². The minimum absolute atomic E-state index is 0.215. The van der Waals surface area contributed by atoms with Crippen molar-refractivity contribution in [3.05, 3.63) is 59.7 Å². The van der Waals surface area contributed by atoms with Crippen molar-refractivity contribution in [3.8, 4) is 5.75 Å². The number of benzene rings is 2. The van der Waals surface area contributed by atoms with E-state index in [4.69, 9.17) is 4.74 Å². The van der Waals surface area contributed by atoms with Crippen LogP contribution in [0.25, 0.3) is 0 Å². The van der Waals surface area contributed by atoms with Crippen LogP contribution in [0.1, 0.15) is 30.4 Å². The molecule has 1 fully saturated rings. The molecule has 2 aliphatic rings. The van der Waals surface area contributed by atoms with Crippen LogP contribution in [-0.2, 0) is 16.4 Å². The molecule has 0 unspecified atom stereocenters. The molecule has 1 spiro atoms. The fourth-order valence-corrected chi connectivity index (χ4v) is 5.24. The quantitative estimate of drug-likeness (QED) is 0.826. The highest BCUT2D eigenvalue weighted by Gasteiger charge is 2.42. The highest BCUT2D eigenvalue weighted by atomic mass is 32.2. The number of ether oxygens (including phenoxy) is 1. The first-order chi connectivity index (χ1) is 12.0. The van der Waals surface area contributed by atoms with Gasteiger partial charge in [-0.15, -0.1) is 0 Å². The Balaban J connectivity index is 1.49. The molecule has 2 aromatic rings. The normalized spacial score (nSPS) is 20.0. The van der Waals surface area contributed by atoms with Gasteiger partial charge in [0.1, 0.15) is 11.4 Å². The van der Waals surface area contributed by atoms with Crippen LogP contribution >= 0.6 is 0 Å². The van der Waals surface area contributed by atoms with Gasteiger partial charge in [0, 0.05) is 25.9 Å². The standard InChI is InChI=1S/C20H23NO3S/c1-16-6-8-18(9-7-16)25(22,23)21-14-12-20(13-15-21)11-10-17-4-2-3-5-19(17)24-20/h2-9H,10-15H2,1H3. The lowest BCUT2D eigenvalue weighted by atomic mass is 9.84. The lowest BCUT2D eigenvalue weighted by Gasteiger charge is -2.44. The Morgan fingerprint density at radius 1 is 0.960 bits per heavy atom. The molecule has 0 bridgehead atoms. The second-order valence-corrected chi connectivity index (χ2v) is 9.05. The van der Waals surface area contributed by atoms with E-state index in [1.165, 1.54) is 5.56 Å². The van der Waals surface area contributed by atoms with E-state index < -0.39 is 10.0 Å². The Hall–Kier alpha value is -1.85. The lowest BCUT2D eigenvalue weighted by Crippen LogP contribution is -2.51. The van der Waals surface area contributed by atoms with Crippen LogP contribution in [-0.4, -0.2) is 31.4 Å². The van der Waals surface area contributed by atoms with Gasteiger partial charge in [0.2, 0.25) is 10.0 Å². The smallest absolute Gasteiger partial charge is 0.243 e. The number of rotatable bonds is 2. The molecule has 1 saturated heterocycles. The fraction of sp³-hybridized carbons (Fsp3) is 0.400. The summed E-state index contributed by atoms with van der Waals surface area (Å²) in [5, 5.41) is 0. The first kappa shape index (κ1) is 16.6. The van der Waals surface area contributed by atoms with Crippen LogP contribution in [0.5, 0.6) is 5.75 Å². The van der Waals surface area contributed by atoms with E-state index >= 15 is 0 Å². The molecule has 2 heterocycles. The van der Waals surface area contributed by atoms with Crippen LogP contribution < -0.4 is 4.74 Å². The maximum Gasteiger partial charge on any atom is 0.243 e. The highest BCUT2D eigenvalue weighted by molar-refractivity contribution is 7.89. The van der Waals surface area contributed by atoms with Crippen LogP contribution in [0, 0.1) is 6.92 Å². The molecule has 0 aromatic heterocycles. The summed E-state index contributed by atoms with van der Waals surface area (Å²) in [6, 6.07) is 15.3. The van der Waals surface area contributed by atoms with Gasteiger partial charge in [0.05, 0.1) is 4.90 Å². The monoisotopic (exact) mass is 357 g/mol. The van der Waals surface area contributed by atoms with E-state index in [0.29, 0.717) is 18.0 Å². The van der Waals surface area contributed by atoms with Gasteiger partial charge < -0.3 is 4.74 Å². The van der Waals surface area contributed by atoms with Crippen molar-refractivity contribution < 1.29 is 13.2 Å². The molecular formula is C20H23NO3S. The van der Waals surface area contributed by atoms with Gasteiger partial charge in [0.25, 0.3) is 0 Å². The van der Waals surface area contributed by atoms with E-state index in [1.807, 2.05) is 37.3 Å². The van der Waals surface area contributed by atoms with Gasteiger partial charge >= 0.3 is 0 Å². The van der Waals surface area contributed by atoms with Crippen molar-refractivity contribution in [2.24, 2.45) is 0 Å². The minimum atomic E-state index is -3.42. The molecule has 0 N–H and O–H groups in total. The third-order valence-electron chi connectivity index (χ3n) is 5.44. The van der Waals surface area contributed by atoms with Crippen molar-refractivity contribution in [1.29, 1.82) is 0 Å². The number of aryl methyl sites for hydroxylation is 2. The van der Waals surface area contributed by atoms with E-state index in [0.717, 1.165) is 37.0 Å². The largest absolute Gasteiger partial charge is 0.487 e. The van der Waals surface area contributed by atoms with Crippen molar-refractivity contribution in [2.75, 3.05) is 13.1 Å². The molecule has 2 aliphatic heterocycles. The summed E-state index contributed by atoms with van der Waals surface area (Å²) in [5.41, 5.74) is 2.10. The van der Waals surface area contributed by atoms with Gasteiger partial charge in [-0.25, -0.2) is 8.42 Å². The predicted octanol–water partition coefficient (Wildman–Crippen LogP) is 3.54. The highest BCUT2D eigenvalue weighted by Crippen LogP contribution is 2.40. The third kappa shape index (κ3) is 3.07. The predicted molar refractivity (Wildman–Crippen MR) is 97.3 cm³/mol. The molecule has 0 aliphatic carbocycles.